The molecular formula is C48H75NO16. The number of esters is 1. The van der Waals surface area contributed by atoms with Gasteiger partial charge in [0.2, 0.25) is 0 Å². The summed E-state index contributed by atoms with van der Waals surface area (Å²) in [5.41, 5.74) is 4.22. The van der Waals surface area contributed by atoms with Gasteiger partial charge in [0.1, 0.15) is 12.2 Å². The maximum Gasteiger partial charge on any atom is 0.309 e. The van der Waals surface area contributed by atoms with Gasteiger partial charge in [0, 0.05) is 31.1 Å². The number of hydrogen-bond donors (Lipinski definition) is 12. The van der Waals surface area contributed by atoms with E-state index < -0.39 is 147 Å². The van der Waals surface area contributed by atoms with Gasteiger partial charge in [-0.2, -0.15) is 0 Å². The van der Waals surface area contributed by atoms with Gasteiger partial charge >= 0.3 is 11.9 Å². The van der Waals surface area contributed by atoms with E-state index >= 15 is 0 Å². The Morgan fingerprint density at radius 2 is 1.22 bits per heavy atom. The summed E-state index contributed by atoms with van der Waals surface area (Å²) >= 11 is 0. The summed E-state index contributed by atoms with van der Waals surface area (Å²) in [7, 11) is 0. The van der Waals surface area contributed by atoms with Crippen LogP contribution in [0.1, 0.15) is 85.5 Å². The number of aliphatic hydroxyl groups excluding tert-OH is 9. The van der Waals surface area contributed by atoms with Crippen molar-refractivity contribution >= 4 is 11.9 Å². The molecule has 0 aromatic carbocycles. The van der Waals surface area contributed by atoms with Crippen LogP contribution in [0.4, 0.5) is 0 Å². The smallest absolute Gasteiger partial charge is 0.309 e. The van der Waals surface area contributed by atoms with E-state index in [-0.39, 0.29) is 38.0 Å². The number of ether oxygens (including phenoxy) is 3. The van der Waals surface area contributed by atoms with Gasteiger partial charge < -0.3 is 76.1 Å². The van der Waals surface area contributed by atoms with E-state index in [9.17, 15) is 65.8 Å². The summed E-state index contributed by atoms with van der Waals surface area (Å²) < 4.78 is 17.4. The van der Waals surface area contributed by atoms with Gasteiger partial charge in [-0.15, -0.1) is 0 Å². The molecule has 0 amide bonds. The van der Waals surface area contributed by atoms with Crippen molar-refractivity contribution < 1.29 is 80.0 Å². The Morgan fingerprint density at radius 3 is 1.80 bits per heavy atom. The molecule has 19 atom stereocenters. The van der Waals surface area contributed by atoms with Gasteiger partial charge in [-0.3, -0.25) is 9.59 Å². The van der Waals surface area contributed by atoms with Crippen LogP contribution in [0.3, 0.4) is 0 Å². The molecule has 0 radical (unpaired) electrons. The van der Waals surface area contributed by atoms with Gasteiger partial charge in [0.25, 0.3) is 0 Å². The average Bonchev–Trinajstić information content (AvgIpc) is 3.21. The molecule has 17 heteroatoms. The van der Waals surface area contributed by atoms with E-state index in [0.29, 0.717) is 0 Å². The second-order valence-electron chi connectivity index (χ2n) is 18.2. The minimum Gasteiger partial charge on any atom is -0.481 e. The normalized spacial score (nSPS) is 45.5. The Labute approximate surface area is 382 Å². The van der Waals surface area contributed by atoms with Crippen LogP contribution < -0.4 is 5.73 Å². The van der Waals surface area contributed by atoms with Crippen molar-refractivity contribution in [3.8, 4) is 0 Å². The maximum absolute atomic E-state index is 12.6. The second kappa shape index (κ2) is 27.4. The molecule has 0 unspecified atom stereocenters. The van der Waals surface area contributed by atoms with Crippen molar-refractivity contribution in [2.45, 2.75) is 177 Å². The summed E-state index contributed by atoms with van der Waals surface area (Å²) in [5, 5.41) is 119. The molecule has 3 aliphatic rings. The lowest BCUT2D eigenvalue weighted by molar-refractivity contribution is -0.277. The summed E-state index contributed by atoms with van der Waals surface area (Å²) in [6.07, 6.45) is 6.53. The molecule has 2 bridgehead atoms. The minimum atomic E-state index is -1.83. The third kappa shape index (κ3) is 18.7. The molecule has 1 saturated heterocycles. The predicted octanol–water partition coefficient (Wildman–Crippen LogP) is 1.38. The summed E-state index contributed by atoms with van der Waals surface area (Å²) in [6, 6.07) is -1.12. The lowest BCUT2D eigenvalue weighted by atomic mass is 9.66. The van der Waals surface area contributed by atoms with Crippen LogP contribution in [0.25, 0.3) is 0 Å². The van der Waals surface area contributed by atoms with Crippen molar-refractivity contribution in [1.82, 2.24) is 0 Å². The fraction of sp³-hybridized carbons (Fsp3) is 0.667. The van der Waals surface area contributed by atoms with Gasteiger partial charge in [-0.05, 0) is 51.9 Å². The van der Waals surface area contributed by atoms with Gasteiger partial charge in [-0.1, -0.05) is 98.9 Å². The van der Waals surface area contributed by atoms with Gasteiger partial charge in [0.15, 0.2) is 6.29 Å². The molecule has 1 saturated carbocycles. The van der Waals surface area contributed by atoms with E-state index in [2.05, 4.69) is 0 Å². The molecule has 2 heterocycles. The Morgan fingerprint density at radius 1 is 0.646 bits per heavy atom. The summed E-state index contributed by atoms with van der Waals surface area (Å²) in [5.74, 6) is -5.09. The number of carbonyl (C=O) groups is 2. The lowest BCUT2D eigenvalue weighted by Crippen LogP contribution is -2.61. The molecule has 17 nitrogen and oxygen atoms in total. The molecule has 2 aliphatic heterocycles. The third-order valence-electron chi connectivity index (χ3n) is 12.6. The molecule has 0 spiro atoms. The number of carbonyl (C=O) groups excluding carboxylic acids is 1. The lowest BCUT2D eigenvalue weighted by Gasteiger charge is -2.45. The topological polar surface area (TPSA) is 310 Å². The molecule has 3 rings (SSSR count). The number of fused-ring (bicyclic) bond motifs is 2. The number of carboxylic acid groups (broad SMARTS) is 1. The first kappa shape index (κ1) is 55.9. The number of cyclic esters (lactones) is 1. The maximum atomic E-state index is 12.6. The predicted molar refractivity (Wildman–Crippen MR) is 240 cm³/mol. The third-order valence-corrected chi connectivity index (χ3v) is 12.6. The second-order valence-corrected chi connectivity index (χ2v) is 18.2. The molecule has 0 aromatic rings. The quantitative estimate of drug-likeness (QED) is 0.178. The number of carboxylic acids is 1. The van der Waals surface area contributed by atoms with Crippen molar-refractivity contribution in [2.75, 3.05) is 0 Å². The van der Waals surface area contributed by atoms with Gasteiger partial charge in [-0.25, -0.2) is 0 Å². The van der Waals surface area contributed by atoms with Crippen LogP contribution >= 0.6 is 0 Å². The van der Waals surface area contributed by atoms with Crippen molar-refractivity contribution in [3.63, 3.8) is 0 Å². The standard InChI is InChI=1S/C48H75NO16/c1-28-17-15-13-11-9-7-5-6-8-10-12-14-16-18-36(65-47-45(59)42(49)44(58)31(4)64-47)21-32-25-48(62,27-39(55)41(32)46(60)61)26-35(52)23-38(54)37(53)20-19-33(50)22-34(51)24-40(56)63-30(3)29(2)43(28)57/h5-18,28-39,41-45,47,50-55,57-59,62H,19-27,49H2,1-4H3,(H,60,61)/b6-5+,9-7+,10-8+,13-11+,14-12+,17-15+,18-16+/t28-,29-,30-,31-,32+,33+,34+,35-,36-,37+,38+,39-,41-,42+,43+,44-,45+,47+,48-/m0/s1. The van der Waals surface area contributed by atoms with E-state index in [4.69, 9.17) is 19.9 Å². The van der Waals surface area contributed by atoms with Crippen LogP contribution in [0.2, 0.25) is 0 Å². The van der Waals surface area contributed by atoms with E-state index in [1.54, 1.807) is 75.5 Å². The number of aliphatic carboxylic acids is 1. The zero-order chi connectivity index (χ0) is 48.4. The molecule has 0 aromatic heterocycles. The van der Waals surface area contributed by atoms with Crippen molar-refractivity contribution in [2.24, 2.45) is 29.4 Å². The largest absolute Gasteiger partial charge is 0.481 e. The summed E-state index contributed by atoms with van der Waals surface area (Å²) in [4.78, 5) is 25.2. The molecule has 2 fully saturated rings. The molecule has 1 aliphatic carbocycles. The average molecular weight is 922 g/mol. The van der Waals surface area contributed by atoms with Crippen LogP contribution in [0.15, 0.2) is 85.1 Å². The highest BCUT2D eigenvalue weighted by atomic mass is 16.7. The monoisotopic (exact) mass is 922 g/mol. The van der Waals surface area contributed by atoms with Crippen LogP contribution in [0, 0.1) is 23.7 Å². The highest BCUT2D eigenvalue weighted by Crippen LogP contribution is 2.43. The fourth-order valence-corrected chi connectivity index (χ4v) is 8.65. The summed E-state index contributed by atoms with van der Waals surface area (Å²) in [6.45, 7) is 6.78. The highest BCUT2D eigenvalue weighted by Gasteiger charge is 2.50. The first-order valence-electron chi connectivity index (χ1n) is 22.6. The van der Waals surface area contributed by atoms with E-state index in [1.807, 2.05) is 37.3 Å². The Bertz CT molecular complexity index is 1660. The highest BCUT2D eigenvalue weighted by molar-refractivity contribution is 5.71. The minimum absolute atomic E-state index is 0.0824. The fourth-order valence-electron chi connectivity index (χ4n) is 8.65. The molecule has 368 valence electrons. The molecule has 13 N–H and O–H groups in total. The van der Waals surface area contributed by atoms with Crippen molar-refractivity contribution in [3.05, 3.63) is 85.1 Å². The number of rotatable bonds is 3. The Hall–Kier alpha value is -3.40. The van der Waals surface area contributed by atoms with E-state index in [1.165, 1.54) is 0 Å². The number of hydrogen-bond acceptors (Lipinski definition) is 16. The Balaban J connectivity index is 1.86. The zero-order valence-electron chi connectivity index (χ0n) is 37.9. The van der Waals surface area contributed by atoms with Gasteiger partial charge in [0.05, 0.1) is 85.0 Å². The van der Waals surface area contributed by atoms with Crippen LogP contribution in [-0.2, 0) is 23.8 Å². The zero-order valence-corrected chi connectivity index (χ0v) is 37.9. The van der Waals surface area contributed by atoms with E-state index in [0.717, 1.165) is 0 Å². The molecular weight excluding hydrogens is 847 g/mol. The first-order chi connectivity index (χ1) is 30.6. The molecule has 65 heavy (non-hydrogen) atoms. The number of allylic oxidation sites excluding steroid dienone is 12. The SMILES string of the molecule is C[C@@H]1[C@H](O)[C@@H](C)/C=C/C=C/C=C/C=C/C=C/C=C/C=C/[C@H](O[C@H]2O[C@@H](C)[C@H](O)[C@@H](N)[C@H]2O)C[C@@H]2C[C@](O)(C[C@@H](O)C[C@@H](O)[C@H](O)CC[C@@H](O)C[C@@H](O)CC(=O)O[C@H]1C)C[C@H](O)[C@H]2C(=O)O. The first-order valence-corrected chi connectivity index (χ1v) is 22.6. The van der Waals surface area contributed by atoms with Crippen molar-refractivity contribution in [1.29, 1.82) is 0 Å². The number of nitrogens with two attached hydrogens (primary N) is 1. The number of aliphatic hydroxyl groups is 10. The van der Waals surface area contributed by atoms with Crippen LogP contribution in [-0.4, -0.2) is 159 Å². The van der Waals surface area contributed by atoms with Crippen LogP contribution in [0.5, 0.6) is 0 Å². The Kier molecular flexibility index (Phi) is 23.6.